The summed E-state index contributed by atoms with van der Waals surface area (Å²) in [6.45, 7) is 0.901. The second-order valence-corrected chi connectivity index (χ2v) is 6.51. The van der Waals surface area contributed by atoms with Crippen molar-refractivity contribution in [2.75, 3.05) is 6.61 Å². The highest BCUT2D eigenvalue weighted by atomic mass is 35.5. The van der Waals surface area contributed by atoms with Crippen LogP contribution in [-0.2, 0) is 19.6 Å². The van der Waals surface area contributed by atoms with Crippen molar-refractivity contribution >= 4 is 12.4 Å². The molecule has 28 heavy (non-hydrogen) atoms. The number of halogens is 1. The average molecular weight is 400 g/mol. The van der Waals surface area contributed by atoms with Crippen molar-refractivity contribution in [2.45, 2.75) is 25.7 Å². The maximum absolute atomic E-state index is 9.25. The van der Waals surface area contributed by atoms with Crippen LogP contribution >= 0.6 is 12.4 Å². The first-order chi connectivity index (χ1) is 13.2. The molecule has 1 atom stereocenters. The Kier molecular flexibility index (Phi) is 8.82. The van der Waals surface area contributed by atoms with E-state index in [1.165, 1.54) is 0 Å². The van der Waals surface area contributed by atoms with Gasteiger partial charge in [0.15, 0.2) is 0 Å². The average Bonchev–Trinajstić information content (AvgIpc) is 2.72. The van der Waals surface area contributed by atoms with Crippen LogP contribution in [0.3, 0.4) is 0 Å². The quantitative estimate of drug-likeness (QED) is 0.567. The molecule has 4 nitrogen and oxygen atoms in total. The van der Waals surface area contributed by atoms with Crippen LogP contribution in [0.4, 0.5) is 0 Å². The number of benzene rings is 3. The van der Waals surface area contributed by atoms with E-state index in [0.29, 0.717) is 19.6 Å². The van der Waals surface area contributed by atoms with Gasteiger partial charge in [0.1, 0.15) is 24.7 Å². The number of rotatable bonds is 9. The molecule has 0 bridgehead atoms. The first kappa shape index (κ1) is 21.8. The molecule has 3 aromatic carbocycles. The summed E-state index contributed by atoms with van der Waals surface area (Å²) in [5.41, 5.74) is 9.08. The fraction of sp³-hybridized carbons (Fsp3) is 0.217. The molecule has 0 spiro atoms. The van der Waals surface area contributed by atoms with E-state index in [1.54, 1.807) is 0 Å². The SMILES string of the molecule is Cl.NC(CO)Cc1cc(OCc2ccccc2)cc(OCc2ccccc2)c1. The first-order valence-corrected chi connectivity index (χ1v) is 9.07. The predicted molar refractivity (Wildman–Crippen MR) is 114 cm³/mol. The van der Waals surface area contributed by atoms with E-state index in [9.17, 15) is 5.11 Å². The summed E-state index contributed by atoms with van der Waals surface area (Å²) in [6.07, 6.45) is 0.556. The normalized spacial score (nSPS) is 11.4. The second kappa shape index (κ2) is 11.3. The minimum atomic E-state index is -0.309. The molecule has 5 heteroatoms. The smallest absolute Gasteiger partial charge is 0.123 e. The Bertz CT molecular complexity index is 766. The lowest BCUT2D eigenvalue weighted by atomic mass is 10.1. The molecule has 0 radical (unpaired) electrons. The van der Waals surface area contributed by atoms with Crippen molar-refractivity contribution in [3.63, 3.8) is 0 Å². The molecule has 3 aromatic rings. The summed E-state index contributed by atoms with van der Waals surface area (Å²) >= 11 is 0. The summed E-state index contributed by atoms with van der Waals surface area (Å²) in [5.74, 6) is 1.45. The Balaban J connectivity index is 0.00000280. The van der Waals surface area contributed by atoms with E-state index >= 15 is 0 Å². The van der Waals surface area contributed by atoms with Gasteiger partial charge in [0.05, 0.1) is 6.61 Å². The van der Waals surface area contributed by atoms with E-state index in [2.05, 4.69) is 0 Å². The van der Waals surface area contributed by atoms with Crippen LogP contribution in [0.2, 0.25) is 0 Å². The second-order valence-electron chi connectivity index (χ2n) is 6.51. The van der Waals surface area contributed by atoms with Crippen LogP contribution < -0.4 is 15.2 Å². The summed E-state index contributed by atoms with van der Waals surface area (Å²) < 4.78 is 11.9. The number of hydrogen-bond acceptors (Lipinski definition) is 4. The monoisotopic (exact) mass is 399 g/mol. The molecule has 148 valence electrons. The van der Waals surface area contributed by atoms with Gasteiger partial charge in [-0.2, -0.15) is 0 Å². The third-order valence-electron chi connectivity index (χ3n) is 4.17. The van der Waals surface area contributed by atoms with Gasteiger partial charge in [-0.25, -0.2) is 0 Å². The molecule has 1 unspecified atom stereocenters. The summed E-state index contributed by atoms with van der Waals surface area (Å²) in [4.78, 5) is 0. The van der Waals surface area contributed by atoms with Crippen molar-refractivity contribution in [1.82, 2.24) is 0 Å². The summed E-state index contributed by atoms with van der Waals surface area (Å²) in [5, 5.41) is 9.25. The van der Waals surface area contributed by atoms with Gasteiger partial charge >= 0.3 is 0 Å². The van der Waals surface area contributed by atoms with Crippen LogP contribution in [0.5, 0.6) is 11.5 Å². The molecule has 0 heterocycles. The lowest BCUT2D eigenvalue weighted by Crippen LogP contribution is -2.26. The molecule has 0 amide bonds. The summed E-state index contributed by atoms with van der Waals surface area (Å²) in [6, 6.07) is 25.5. The van der Waals surface area contributed by atoms with Gasteiger partial charge < -0.3 is 20.3 Å². The van der Waals surface area contributed by atoms with Gasteiger partial charge in [0.2, 0.25) is 0 Å². The zero-order chi connectivity index (χ0) is 18.9. The van der Waals surface area contributed by atoms with Crippen LogP contribution in [-0.4, -0.2) is 17.8 Å². The van der Waals surface area contributed by atoms with Crippen molar-refractivity contribution in [3.8, 4) is 11.5 Å². The van der Waals surface area contributed by atoms with Crippen molar-refractivity contribution in [1.29, 1.82) is 0 Å². The first-order valence-electron chi connectivity index (χ1n) is 9.07. The molecule has 0 saturated carbocycles. The number of aliphatic hydroxyl groups is 1. The molecule has 0 aromatic heterocycles. The Hall–Kier alpha value is -2.53. The van der Waals surface area contributed by atoms with Crippen molar-refractivity contribution in [2.24, 2.45) is 5.73 Å². The third kappa shape index (κ3) is 6.89. The van der Waals surface area contributed by atoms with Gasteiger partial charge in [-0.05, 0) is 35.2 Å². The van der Waals surface area contributed by atoms with Crippen LogP contribution in [0.25, 0.3) is 0 Å². The largest absolute Gasteiger partial charge is 0.489 e. The van der Waals surface area contributed by atoms with Crippen molar-refractivity contribution < 1.29 is 14.6 Å². The van der Waals surface area contributed by atoms with E-state index in [-0.39, 0.29) is 25.1 Å². The topological polar surface area (TPSA) is 64.7 Å². The van der Waals surface area contributed by atoms with Gasteiger partial charge in [-0.1, -0.05) is 60.7 Å². The maximum Gasteiger partial charge on any atom is 0.123 e. The lowest BCUT2D eigenvalue weighted by molar-refractivity contribution is 0.264. The van der Waals surface area contributed by atoms with Crippen LogP contribution in [0.15, 0.2) is 78.9 Å². The van der Waals surface area contributed by atoms with Crippen LogP contribution in [0.1, 0.15) is 16.7 Å². The maximum atomic E-state index is 9.25. The Morgan fingerprint density at radius 1 is 0.714 bits per heavy atom. The van der Waals surface area contributed by atoms with Gasteiger partial charge in [0.25, 0.3) is 0 Å². The van der Waals surface area contributed by atoms with E-state index in [0.717, 1.165) is 28.2 Å². The molecule has 0 aliphatic rings. The van der Waals surface area contributed by atoms with Crippen LogP contribution in [0, 0.1) is 0 Å². The highest BCUT2D eigenvalue weighted by Crippen LogP contribution is 2.25. The molecule has 3 rings (SSSR count). The molecule has 0 saturated heterocycles. The number of aliphatic hydroxyl groups excluding tert-OH is 1. The Morgan fingerprint density at radius 2 is 1.18 bits per heavy atom. The zero-order valence-electron chi connectivity index (χ0n) is 15.7. The fourth-order valence-electron chi connectivity index (χ4n) is 2.76. The van der Waals surface area contributed by atoms with E-state index in [4.69, 9.17) is 15.2 Å². The molecule has 3 N–H and O–H groups in total. The standard InChI is InChI=1S/C23H25NO3.ClH/c24-21(15-25)11-20-12-22(26-16-18-7-3-1-4-8-18)14-23(13-20)27-17-19-9-5-2-6-10-19;/h1-10,12-14,21,25H,11,15-17,24H2;1H. The molecule has 0 aliphatic carbocycles. The van der Waals surface area contributed by atoms with Gasteiger partial charge in [-0.3, -0.25) is 0 Å². The molecule has 0 fully saturated rings. The van der Waals surface area contributed by atoms with E-state index in [1.807, 2.05) is 78.9 Å². The molecular formula is C23H26ClNO3. The lowest BCUT2D eigenvalue weighted by Gasteiger charge is -2.14. The van der Waals surface area contributed by atoms with E-state index < -0.39 is 0 Å². The van der Waals surface area contributed by atoms with Gasteiger partial charge in [-0.15, -0.1) is 12.4 Å². The number of ether oxygens (including phenoxy) is 2. The third-order valence-corrected chi connectivity index (χ3v) is 4.17. The molecule has 0 aliphatic heterocycles. The number of nitrogens with two attached hydrogens (primary N) is 1. The fourth-order valence-corrected chi connectivity index (χ4v) is 2.76. The van der Waals surface area contributed by atoms with Gasteiger partial charge in [0, 0.05) is 12.1 Å². The number of hydrogen-bond donors (Lipinski definition) is 2. The summed E-state index contributed by atoms with van der Waals surface area (Å²) in [7, 11) is 0. The predicted octanol–water partition coefficient (Wildman–Crippen LogP) is 4.13. The molecular weight excluding hydrogens is 374 g/mol. The zero-order valence-corrected chi connectivity index (χ0v) is 16.5. The Morgan fingerprint density at radius 3 is 1.61 bits per heavy atom. The minimum absolute atomic E-state index is 0. The highest BCUT2D eigenvalue weighted by Gasteiger charge is 2.08. The highest BCUT2D eigenvalue weighted by molar-refractivity contribution is 5.85. The minimum Gasteiger partial charge on any atom is -0.489 e. The Labute approximate surface area is 172 Å². The van der Waals surface area contributed by atoms with Crippen molar-refractivity contribution in [3.05, 3.63) is 95.6 Å².